The highest BCUT2D eigenvalue weighted by Gasteiger charge is 2.25. The van der Waals surface area contributed by atoms with E-state index in [0.29, 0.717) is 22.7 Å². The fourth-order valence-corrected chi connectivity index (χ4v) is 4.39. The molecule has 2 N–H and O–H groups in total. The highest BCUT2D eigenvalue weighted by Crippen LogP contribution is 2.26. The van der Waals surface area contributed by atoms with Crippen molar-refractivity contribution in [2.45, 2.75) is 44.8 Å². The van der Waals surface area contributed by atoms with Crippen LogP contribution in [0, 0.1) is 0 Å². The van der Waals surface area contributed by atoms with Gasteiger partial charge in [-0.25, -0.2) is 0 Å². The summed E-state index contributed by atoms with van der Waals surface area (Å²) in [5.41, 5.74) is 1.01. The summed E-state index contributed by atoms with van der Waals surface area (Å²) in [6.45, 7) is 1.46. The molecule has 1 heterocycles. The Hall–Kier alpha value is -1.63. The van der Waals surface area contributed by atoms with Crippen molar-refractivity contribution >= 4 is 46.2 Å². The molecule has 1 amide bonds. The van der Waals surface area contributed by atoms with Gasteiger partial charge in [0, 0.05) is 22.5 Å². The number of hydrogen-bond donors (Lipinski definition) is 2. The van der Waals surface area contributed by atoms with E-state index in [1.54, 1.807) is 11.3 Å². The zero-order valence-corrected chi connectivity index (χ0v) is 17.5. The van der Waals surface area contributed by atoms with Crippen LogP contribution >= 0.6 is 35.2 Å². The van der Waals surface area contributed by atoms with Gasteiger partial charge in [-0.1, -0.05) is 42.6 Å². The van der Waals surface area contributed by atoms with Crippen LogP contribution in [0.25, 0.3) is 0 Å². The van der Waals surface area contributed by atoms with Crippen molar-refractivity contribution in [2.75, 3.05) is 6.54 Å². The average Bonchev–Trinajstić information content (AvgIpc) is 3.37. The lowest BCUT2D eigenvalue weighted by Crippen LogP contribution is -2.47. The Bertz CT molecular complexity index is 743. The lowest BCUT2D eigenvalue weighted by atomic mass is 10.2. The van der Waals surface area contributed by atoms with E-state index < -0.39 is 0 Å². The summed E-state index contributed by atoms with van der Waals surface area (Å²) in [7, 11) is 0. The van der Waals surface area contributed by atoms with Gasteiger partial charge in [0.1, 0.15) is 0 Å². The predicted octanol–water partition coefficient (Wildman–Crippen LogP) is 4.34. The number of hydrogen-bond acceptors (Lipinski definition) is 3. The molecule has 0 atom stereocenters. The van der Waals surface area contributed by atoms with E-state index in [2.05, 4.69) is 33.0 Å². The average molecular weight is 422 g/mol. The number of halogens is 1. The van der Waals surface area contributed by atoms with Gasteiger partial charge >= 0.3 is 0 Å². The normalized spacial score (nSPS) is 14.1. The van der Waals surface area contributed by atoms with Gasteiger partial charge in [0.25, 0.3) is 0 Å². The van der Waals surface area contributed by atoms with E-state index in [9.17, 15) is 4.79 Å². The standard InChI is InChI=1S/C20H24ClN3OS2/c21-16-9-7-15(8-10-16)12-22-19(25)13-23-20(26)24(17-4-1-2-5-17)14-18-6-3-11-27-18/h3,6-11,17H,1-2,4-5,12-14H2,(H,22,25)(H,23,26). The van der Waals surface area contributed by atoms with Crippen LogP contribution < -0.4 is 10.6 Å². The molecule has 144 valence electrons. The minimum Gasteiger partial charge on any atom is -0.353 e. The Labute approximate surface area is 174 Å². The molecule has 0 bridgehead atoms. The Morgan fingerprint density at radius 3 is 2.59 bits per heavy atom. The first-order chi connectivity index (χ1) is 13.1. The van der Waals surface area contributed by atoms with E-state index in [1.165, 1.54) is 17.7 Å². The summed E-state index contributed by atoms with van der Waals surface area (Å²) in [5.74, 6) is -0.0743. The van der Waals surface area contributed by atoms with Crippen molar-refractivity contribution in [2.24, 2.45) is 0 Å². The third-order valence-corrected chi connectivity index (χ3v) is 6.23. The quantitative estimate of drug-likeness (QED) is 0.653. The van der Waals surface area contributed by atoms with Crippen molar-refractivity contribution in [3.63, 3.8) is 0 Å². The number of benzene rings is 1. The maximum atomic E-state index is 12.2. The highest BCUT2D eigenvalue weighted by atomic mass is 35.5. The Kier molecular flexibility index (Phi) is 7.50. The van der Waals surface area contributed by atoms with Crippen LogP contribution in [0.1, 0.15) is 36.1 Å². The molecule has 7 heteroatoms. The summed E-state index contributed by atoms with van der Waals surface area (Å²) in [4.78, 5) is 15.7. The Morgan fingerprint density at radius 1 is 1.19 bits per heavy atom. The van der Waals surface area contributed by atoms with Crippen molar-refractivity contribution in [1.29, 1.82) is 0 Å². The number of rotatable bonds is 7. The van der Waals surface area contributed by atoms with Crippen LogP contribution in [0.5, 0.6) is 0 Å². The number of thiophene rings is 1. The van der Waals surface area contributed by atoms with Crippen LogP contribution in [0.4, 0.5) is 0 Å². The second-order valence-corrected chi connectivity index (χ2v) is 8.56. The van der Waals surface area contributed by atoms with Crippen LogP contribution in [-0.4, -0.2) is 28.5 Å². The molecule has 1 saturated carbocycles. The van der Waals surface area contributed by atoms with Crippen molar-refractivity contribution in [3.05, 3.63) is 57.2 Å². The predicted molar refractivity (Wildman–Crippen MR) is 116 cm³/mol. The number of carbonyl (C=O) groups is 1. The molecule has 1 aliphatic carbocycles. The smallest absolute Gasteiger partial charge is 0.239 e. The number of thiocarbonyl (C=S) groups is 1. The zero-order chi connectivity index (χ0) is 19.1. The SMILES string of the molecule is O=C(CNC(=S)N(Cc1cccs1)C1CCCC1)NCc1ccc(Cl)cc1. The second-order valence-electron chi connectivity index (χ2n) is 6.71. The van der Waals surface area contributed by atoms with Crippen molar-refractivity contribution in [1.82, 2.24) is 15.5 Å². The molecule has 0 saturated heterocycles. The summed E-state index contributed by atoms with van der Waals surface area (Å²) >= 11 is 13.2. The van der Waals surface area contributed by atoms with Gasteiger partial charge in [-0.2, -0.15) is 0 Å². The molecule has 1 aromatic heterocycles. The number of carbonyl (C=O) groups excluding carboxylic acids is 1. The van der Waals surface area contributed by atoms with Gasteiger partial charge in [0.05, 0.1) is 13.1 Å². The Morgan fingerprint density at radius 2 is 1.93 bits per heavy atom. The monoisotopic (exact) mass is 421 g/mol. The third kappa shape index (κ3) is 6.19. The molecular formula is C20H24ClN3OS2. The molecule has 1 fully saturated rings. The topological polar surface area (TPSA) is 44.4 Å². The zero-order valence-electron chi connectivity index (χ0n) is 15.1. The lowest BCUT2D eigenvalue weighted by molar-refractivity contribution is -0.120. The molecule has 27 heavy (non-hydrogen) atoms. The summed E-state index contributed by atoms with van der Waals surface area (Å²) in [6, 6.07) is 12.1. The van der Waals surface area contributed by atoms with Crippen LogP contribution in [0.2, 0.25) is 5.02 Å². The third-order valence-electron chi connectivity index (χ3n) is 4.74. The lowest BCUT2D eigenvalue weighted by Gasteiger charge is -2.31. The van der Waals surface area contributed by atoms with E-state index in [0.717, 1.165) is 24.9 Å². The summed E-state index contributed by atoms with van der Waals surface area (Å²) in [5, 5.41) is 9.49. The first kappa shape index (κ1) is 20.1. The number of nitrogens with one attached hydrogen (secondary N) is 2. The molecule has 3 rings (SSSR count). The molecule has 0 unspecified atom stereocenters. The van der Waals surface area contributed by atoms with E-state index in [1.807, 2.05) is 24.3 Å². The maximum absolute atomic E-state index is 12.2. The molecular weight excluding hydrogens is 398 g/mol. The van der Waals surface area contributed by atoms with E-state index in [4.69, 9.17) is 23.8 Å². The molecule has 2 aromatic rings. The minimum atomic E-state index is -0.0743. The van der Waals surface area contributed by atoms with Crippen LogP contribution in [0.3, 0.4) is 0 Å². The fraction of sp³-hybridized carbons (Fsp3) is 0.400. The van der Waals surface area contributed by atoms with Gasteiger partial charge in [-0.15, -0.1) is 11.3 Å². The van der Waals surface area contributed by atoms with Crippen LogP contribution in [0.15, 0.2) is 41.8 Å². The van der Waals surface area contributed by atoms with Crippen molar-refractivity contribution in [3.8, 4) is 0 Å². The first-order valence-electron chi connectivity index (χ1n) is 9.20. The maximum Gasteiger partial charge on any atom is 0.239 e. The number of nitrogens with zero attached hydrogens (tertiary/aromatic N) is 1. The fourth-order valence-electron chi connectivity index (χ4n) is 3.28. The van der Waals surface area contributed by atoms with Gasteiger partial charge in [0.2, 0.25) is 5.91 Å². The van der Waals surface area contributed by atoms with E-state index in [-0.39, 0.29) is 12.5 Å². The minimum absolute atomic E-state index is 0.0743. The molecule has 0 spiro atoms. The number of amides is 1. The molecule has 1 aliphatic rings. The van der Waals surface area contributed by atoms with Gasteiger partial charge in [-0.3, -0.25) is 4.79 Å². The van der Waals surface area contributed by atoms with Crippen molar-refractivity contribution < 1.29 is 4.79 Å². The first-order valence-corrected chi connectivity index (χ1v) is 10.9. The summed E-state index contributed by atoms with van der Waals surface area (Å²) < 4.78 is 0. The second kappa shape index (κ2) is 10.1. The largest absolute Gasteiger partial charge is 0.353 e. The Balaban J connectivity index is 1.48. The molecule has 4 nitrogen and oxygen atoms in total. The molecule has 1 aromatic carbocycles. The highest BCUT2D eigenvalue weighted by molar-refractivity contribution is 7.80. The van der Waals surface area contributed by atoms with Gasteiger partial charge in [0.15, 0.2) is 5.11 Å². The summed E-state index contributed by atoms with van der Waals surface area (Å²) in [6.07, 6.45) is 4.82. The molecule has 0 radical (unpaired) electrons. The van der Waals surface area contributed by atoms with E-state index >= 15 is 0 Å². The van der Waals surface area contributed by atoms with Crippen LogP contribution in [-0.2, 0) is 17.9 Å². The molecule has 0 aliphatic heterocycles. The van der Waals surface area contributed by atoms with Gasteiger partial charge < -0.3 is 15.5 Å². The van der Waals surface area contributed by atoms with Gasteiger partial charge in [-0.05, 0) is 54.2 Å².